The summed E-state index contributed by atoms with van der Waals surface area (Å²) in [4.78, 5) is 35.2. The molecule has 1 aromatic heterocycles. The first-order valence-electron chi connectivity index (χ1n) is 10.2. The Balaban J connectivity index is 1.44. The zero-order valence-corrected chi connectivity index (χ0v) is 17.7. The Morgan fingerprint density at radius 1 is 0.941 bits per heavy atom. The summed E-state index contributed by atoms with van der Waals surface area (Å²) in [5.74, 6) is -0.165. The molecule has 1 aliphatic heterocycles. The van der Waals surface area contributed by atoms with E-state index in [1.165, 1.54) is 0 Å². The van der Waals surface area contributed by atoms with Gasteiger partial charge in [0.2, 0.25) is 0 Å². The van der Waals surface area contributed by atoms with E-state index < -0.39 is 27.1 Å². The van der Waals surface area contributed by atoms with Crippen molar-refractivity contribution in [2.45, 2.75) is 0 Å². The van der Waals surface area contributed by atoms with E-state index in [9.17, 15) is 25.0 Å². The summed E-state index contributed by atoms with van der Waals surface area (Å²) in [5.41, 5.74) is 0.739. The zero-order chi connectivity index (χ0) is 24.1. The van der Waals surface area contributed by atoms with Gasteiger partial charge in [0.1, 0.15) is 0 Å². The molecule has 0 bridgehead atoms. The van der Waals surface area contributed by atoms with Crippen molar-refractivity contribution in [1.82, 2.24) is 10.2 Å². The lowest BCUT2D eigenvalue weighted by atomic mass is 10.1. The lowest BCUT2D eigenvalue weighted by Gasteiger charge is -2.28. The van der Waals surface area contributed by atoms with E-state index in [2.05, 4.69) is 25.7 Å². The number of hydrogen-bond donors (Lipinski definition) is 2. The maximum absolute atomic E-state index is 12.5. The topological polar surface area (TPSA) is 166 Å². The summed E-state index contributed by atoms with van der Waals surface area (Å²) in [5, 5.41) is 35.9. The van der Waals surface area contributed by atoms with Crippen molar-refractivity contribution < 1.29 is 19.4 Å². The number of nitro benzene ring substituents is 2. The van der Waals surface area contributed by atoms with Gasteiger partial charge in [-0.3, -0.25) is 25.0 Å². The van der Waals surface area contributed by atoms with E-state index in [1.807, 2.05) is 6.07 Å². The number of anilines is 4. The van der Waals surface area contributed by atoms with Crippen LogP contribution in [-0.2, 0) is 4.74 Å². The van der Waals surface area contributed by atoms with Gasteiger partial charge in [0.15, 0.2) is 5.82 Å². The van der Waals surface area contributed by atoms with Gasteiger partial charge in [-0.2, -0.15) is 5.10 Å². The van der Waals surface area contributed by atoms with Crippen LogP contribution < -0.4 is 15.5 Å². The molecule has 1 aliphatic rings. The van der Waals surface area contributed by atoms with Crippen LogP contribution in [0.1, 0.15) is 10.4 Å². The molecule has 0 radical (unpaired) electrons. The molecule has 2 N–H and O–H groups in total. The van der Waals surface area contributed by atoms with Gasteiger partial charge < -0.3 is 20.3 Å². The minimum absolute atomic E-state index is 0.196. The lowest BCUT2D eigenvalue weighted by Crippen LogP contribution is -2.36. The van der Waals surface area contributed by atoms with Crippen LogP contribution in [0.3, 0.4) is 0 Å². The minimum atomic E-state index is -0.790. The molecule has 0 spiro atoms. The van der Waals surface area contributed by atoms with E-state index in [-0.39, 0.29) is 5.56 Å². The largest absolute Gasteiger partial charge is 0.378 e. The Morgan fingerprint density at radius 2 is 1.56 bits per heavy atom. The second-order valence-corrected chi connectivity index (χ2v) is 7.31. The third-order valence-corrected chi connectivity index (χ3v) is 5.02. The number of nitrogens with one attached hydrogen (secondary N) is 2. The predicted molar refractivity (Wildman–Crippen MR) is 122 cm³/mol. The molecule has 3 aromatic rings. The molecule has 13 nitrogen and oxygen atoms in total. The third-order valence-electron chi connectivity index (χ3n) is 5.02. The van der Waals surface area contributed by atoms with Gasteiger partial charge in [0, 0.05) is 42.7 Å². The van der Waals surface area contributed by atoms with Gasteiger partial charge >= 0.3 is 0 Å². The fourth-order valence-electron chi connectivity index (χ4n) is 3.34. The summed E-state index contributed by atoms with van der Waals surface area (Å²) in [7, 11) is 0. The number of carbonyl (C=O) groups is 1. The van der Waals surface area contributed by atoms with Gasteiger partial charge in [-0.05, 0) is 24.3 Å². The minimum Gasteiger partial charge on any atom is -0.378 e. The number of non-ortho nitro benzene ring substituents is 2. The van der Waals surface area contributed by atoms with Crippen LogP contribution in [0.5, 0.6) is 0 Å². The summed E-state index contributed by atoms with van der Waals surface area (Å²) < 4.78 is 5.36. The number of benzene rings is 2. The lowest BCUT2D eigenvalue weighted by molar-refractivity contribution is -0.394. The normalized spacial score (nSPS) is 13.2. The molecule has 0 aliphatic carbocycles. The molecule has 1 amide bonds. The number of nitrogens with zero attached hydrogens (tertiary/aromatic N) is 5. The van der Waals surface area contributed by atoms with Crippen molar-refractivity contribution in [3.8, 4) is 0 Å². The van der Waals surface area contributed by atoms with Gasteiger partial charge in [-0.25, -0.2) is 0 Å². The maximum Gasteiger partial charge on any atom is 0.277 e. The molecule has 0 saturated carbocycles. The highest BCUT2D eigenvalue weighted by atomic mass is 16.6. The Bertz CT molecular complexity index is 1200. The highest BCUT2D eigenvalue weighted by Gasteiger charge is 2.20. The average molecular weight is 465 g/mol. The predicted octanol–water partition coefficient (Wildman–Crippen LogP) is 3.13. The first kappa shape index (κ1) is 22.5. The zero-order valence-electron chi connectivity index (χ0n) is 17.7. The fourth-order valence-corrected chi connectivity index (χ4v) is 3.34. The standard InChI is InChI=1S/C21H19N7O6/c29-21(14-9-17(27(30)31)11-18(10-14)28(32)33)24-16-3-1-15(2-4-16)23-20-12-19(13-22-25-20)26-5-7-34-8-6-26/h1-4,9-13H,5-8H2,(H,23,25)(H,24,29). The summed E-state index contributed by atoms with van der Waals surface area (Å²) in [6, 6.07) is 11.3. The summed E-state index contributed by atoms with van der Waals surface area (Å²) in [6.45, 7) is 2.85. The number of nitro groups is 2. The van der Waals surface area contributed by atoms with Crippen LogP contribution in [0.2, 0.25) is 0 Å². The summed E-state index contributed by atoms with van der Waals surface area (Å²) in [6.07, 6.45) is 1.69. The number of aromatic nitrogens is 2. The van der Waals surface area contributed by atoms with Crippen LogP contribution in [0.4, 0.5) is 34.3 Å². The summed E-state index contributed by atoms with van der Waals surface area (Å²) >= 11 is 0. The van der Waals surface area contributed by atoms with Gasteiger partial charge in [-0.15, -0.1) is 5.10 Å². The Kier molecular flexibility index (Phi) is 6.54. The SMILES string of the molecule is O=C(Nc1ccc(Nc2cc(N3CCOCC3)cnn2)cc1)c1cc([N+](=O)[O-])cc([N+](=O)[O-])c1. The highest BCUT2D eigenvalue weighted by Crippen LogP contribution is 2.25. The number of ether oxygens (including phenoxy) is 1. The Labute approximate surface area is 192 Å². The number of rotatable bonds is 7. The quantitative estimate of drug-likeness (QED) is 0.391. The van der Waals surface area contributed by atoms with Gasteiger partial charge in [0.25, 0.3) is 17.3 Å². The Morgan fingerprint density at radius 3 is 2.18 bits per heavy atom. The monoisotopic (exact) mass is 465 g/mol. The molecule has 0 unspecified atom stereocenters. The average Bonchev–Trinajstić information content (AvgIpc) is 2.85. The van der Waals surface area contributed by atoms with Crippen LogP contribution in [0, 0.1) is 20.2 Å². The molecular weight excluding hydrogens is 446 g/mol. The molecule has 1 fully saturated rings. The molecule has 13 heteroatoms. The second-order valence-electron chi connectivity index (χ2n) is 7.31. The molecule has 34 heavy (non-hydrogen) atoms. The van der Waals surface area contributed by atoms with Crippen LogP contribution >= 0.6 is 0 Å². The van der Waals surface area contributed by atoms with Crippen molar-refractivity contribution in [3.05, 3.63) is 80.5 Å². The van der Waals surface area contributed by atoms with E-state index in [0.29, 0.717) is 30.4 Å². The number of hydrogen-bond acceptors (Lipinski definition) is 10. The van der Waals surface area contributed by atoms with Crippen LogP contribution in [-0.4, -0.2) is 52.3 Å². The van der Waals surface area contributed by atoms with E-state index in [0.717, 1.165) is 37.0 Å². The first-order chi connectivity index (χ1) is 16.4. The van der Waals surface area contributed by atoms with Crippen molar-refractivity contribution in [2.75, 3.05) is 41.8 Å². The molecule has 174 valence electrons. The molecule has 4 rings (SSSR count). The van der Waals surface area contributed by atoms with E-state index in [1.54, 1.807) is 30.5 Å². The van der Waals surface area contributed by atoms with Crippen LogP contribution in [0.15, 0.2) is 54.7 Å². The number of amides is 1. The number of carbonyl (C=O) groups excluding carboxylic acids is 1. The molecule has 2 heterocycles. The smallest absolute Gasteiger partial charge is 0.277 e. The molecular formula is C21H19N7O6. The van der Waals surface area contributed by atoms with Crippen LogP contribution in [0.25, 0.3) is 0 Å². The van der Waals surface area contributed by atoms with Gasteiger partial charge in [-0.1, -0.05) is 0 Å². The van der Waals surface area contributed by atoms with E-state index in [4.69, 9.17) is 4.74 Å². The van der Waals surface area contributed by atoms with Crippen molar-refractivity contribution in [2.24, 2.45) is 0 Å². The van der Waals surface area contributed by atoms with Crippen molar-refractivity contribution >= 4 is 40.2 Å². The fraction of sp³-hybridized carbons (Fsp3) is 0.190. The Hall–Kier alpha value is -4.65. The van der Waals surface area contributed by atoms with Gasteiger partial charge in [0.05, 0.1) is 46.6 Å². The highest BCUT2D eigenvalue weighted by molar-refractivity contribution is 6.05. The number of morpholine rings is 1. The first-order valence-corrected chi connectivity index (χ1v) is 10.2. The molecule has 1 saturated heterocycles. The third kappa shape index (κ3) is 5.39. The second kappa shape index (κ2) is 9.87. The van der Waals surface area contributed by atoms with Crippen molar-refractivity contribution in [1.29, 1.82) is 0 Å². The maximum atomic E-state index is 12.5. The van der Waals surface area contributed by atoms with E-state index >= 15 is 0 Å². The molecule has 2 aromatic carbocycles. The molecule has 0 atom stereocenters. The van der Waals surface area contributed by atoms with Crippen molar-refractivity contribution in [3.63, 3.8) is 0 Å².